The maximum atomic E-state index is 13.2. The van der Waals surface area contributed by atoms with Crippen LogP contribution in [0.5, 0.6) is 0 Å². The van der Waals surface area contributed by atoms with Gasteiger partial charge in [-0.25, -0.2) is 9.50 Å². The van der Waals surface area contributed by atoms with Crippen molar-refractivity contribution in [1.29, 1.82) is 5.26 Å². The number of rotatable bonds is 3. The summed E-state index contributed by atoms with van der Waals surface area (Å²) in [4.78, 5) is 31.6. The maximum absolute atomic E-state index is 13.2. The maximum Gasteiger partial charge on any atom is 0.250 e. The van der Waals surface area contributed by atoms with Gasteiger partial charge in [0, 0.05) is 31.4 Å². The third-order valence-corrected chi connectivity index (χ3v) is 5.86. The first-order valence-corrected chi connectivity index (χ1v) is 9.28. The number of aromatic nitrogens is 4. The van der Waals surface area contributed by atoms with Crippen molar-refractivity contribution in [3.63, 3.8) is 0 Å². The molecule has 0 radical (unpaired) electrons. The highest BCUT2D eigenvalue weighted by molar-refractivity contribution is 6.04. The first-order valence-electron chi connectivity index (χ1n) is 9.28. The minimum Gasteiger partial charge on any atom is -0.319 e. The summed E-state index contributed by atoms with van der Waals surface area (Å²) in [5, 5.41) is 14.0. The highest BCUT2D eigenvalue weighted by Crippen LogP contribution is 2.52. The molecule has 1 saturated carbocycles. The second kappa shape index (κ2) is 5.76. The van der Waals surface area contributed by atoms with Crippen LogP contribution in [0, 0.1) is 22.7 Å². The van der Waals surface area contributed by atoms with E-state index in [0.29, 0.717) is 35.6 Å². The minimum atomic E-state index is -0.933. The van der Waals surface area contributed by atoms with Crippen LogP contribution < -0.4 is 10.5 Å². The number of aryl methyl sites for hydroxylation is 1. The van der Waals surface area contributed by atoms with Gasteiger partial charge in [0.2, 0.25) is 5.91 Å². The Kier molecular flexibility index (Phi) is 3.43. The van der Waals surface area contributed by atoms with E-state index < -0.39 is 5.41 Å². The molecule has 1 aliphatic carbocycles. The quantitative estimate of drug-likeness (QED) is 0.696. The van der Waals surface area contributed by atoms with E-state index in [0.717, 1.165) is 12.8 Å². The van der Waals surface area contributed by atoms with E-state index in [4.69, 9.17) is 4.98 Å². The van der Waals surface area contributed by atoms with E-state index in [1.165, 1.54) is 10.6 Å². The van der Waals surface area contributed by atoms with Crippen molar-refractivity contribution < 1.29 is 4.79 Å². The van der Waals surface area contributed by atoms with Crippen LogP contribution in [0.1, 0.15) is 19.3 Å². The number of hydrogen-bond donors (Lipinski definition) is 0. The molecule has 1 saturated heterocycles. The fraction of sp³-hybridized carbons (Fsp3) is 0.350. The van der Waals surface area contributed by atoms with Gasteiger partial charge in [-0.05, 0) is 37.3 Å². The number of carbonyl (C=O) groups excluding carboxylic acids is 1. The Balaban J connectivity index is 1.65. The van der Waals surface area contributed by atoms with Gasteiger partial charge in [-0.15, -0.1) is 0 Å². The van der Waals surface area contributed by atoms with E-state index in [1.54, 1.807) is 47.2 Å². The summed E-state index contributed by atoms with van der Waals surface area (Å²) < 4.78 is 3.14. The van der Waals surface area contributed by atoms with Crippen LogP contribution >= 0.6 is 0 Å². The number of amides is 1. The Morgan fingerprint density at radius 3 is 2.82 bits per heavy atom. The Labute approximate surface area is 160 Å². The summed E-state index contributed by atoms with van der Waals surface area (Å²) in [7, 11) is 1.68. The molecule has 1 aliphatic heterocycles. The van der Waals surface area contributed by atoms with Crippen LogP contribution in [0.25, 0.3) is 16.8 Å². The highest BCUT2D eigenvalue weighted by Gasteiger charge is 2.57. The zero-order chi connectivity index (χ0) is 19.5. The molecule has 1 amide bonds. The van der Waals surface area contributed by atoms with E-state index in [-0.39, 0.29) is 17.4 Å². The lowest BCUT2D eigenvalue weighted by Crippen LogP contribution is -2.36. The van der Waals surface area contributed by atoms with Crippen molar-refractivity contribution >= 4 is 17.2 Å². The van der Waals surface area contributed by atoms with Crippen molar-refractivity contribution in [1.82, 2.24) is 19.2 Å². The molecule has 140 valence electrons. The lowest BCUT2D eigenvalue weighted by Gasteiger charge is -2.21. The summed E-state index contributed by atoms with van der Waals surface area (Å²) in [6.45, 7) is 0.455. The van der Waals surface area contributed by atoms with Gasteiger partial charge in [0.05, 0.1) is 24.2 Å². The van der Waals surface area contributed by atoms with Crippen LogP contribution in [0.3, 0.4) is 0 Å². The van der Waals surface area contributed by atoms with Gasteiger partial charge in [-0.3, -0.25) is 14.5 Å². The van der Waals surface area contributed by atoms with E-state index in [2.05, 4.69) is 11.2 Å². The predicted octanol–water partition coefficient (Wildman–Crippen LogP) is 1.75. The van der Waals surface area contributed by atoms with Gasteiger partial charge in [0.1, 0.15) is 10.9 Å². The molecule has 8 nitrogen and oxygen atoms in total. The van der Waals surface area contributed by atoms with E-state index >= 15 is 0 Å². The molecule has 8 heteroatoms. The Morgan fingerprint density at radius 2 is 2.11 bits per heavy atom. The summed E-state index contributed by atoms with van der Waals surface area (Å²) in [6, 6.07) is 7.42. The normalized spacial score (nSPS) is 22.0. The molecule has 0 spiro atoms. The molecule has 2 fully saturated rings. The molecule has 2 aliphatic rings. The molecule has 1 atom stereocenters. The number of pyridine rings is 1. The second-order valence-corrected chi connectivity index (χ2v) is 7.54. The Morgan fingerprint density at radius 1 is 1.29 bits per heavy atom. The van der Waals surface area contributed by atoms with Crippen molar-refractivity contribution in [2.45, 2.75) is 19.3 Å². The van der Waals surface area contributed by atoms with Gasteiger partial charge in [-0.1, -0.05) is 0 Å². The third kappa shape index (κ3) is 2.29. The van der Waals surface area contributed by atoms with Crippen molar-refractivity contribution in [3.05, 3.63) is 47.1 Å². The number of anilines is 1. The molecule has 5 rings (SSSR count). The smallest absolute Gasteiger partial charge is 0.250 e. The van der Waals surface area contributed by atoms with Crippen molar-refractivity contribution in [2.24, 2.45) is 18.4 Å². The summed E-state index contributed by atoms with van der Waals surface area (Å²) >= 11 is 0. The van der Waals surface area contributed by atoms with Crippen LogP contribution in [0.2, 0.25) is 0 Å². The topological polar surface area (TPSA) is 96.3 Å². The molecule has 0 bridgehead atoms. The number of hydrogen-bond acceptors (Lipinski definition) is 5. The van der Waals surface area contributed by atoms with Gasteiger partial charge in [-0.2, -0.15) is 10.4 Å². The Bertz CT molecular complexity index is 1220. The number of nitrogens with zero attached hydrogens (tertiary/aromatic N) is 6. The lowest BCUT2D eigenvalue weighted by molar-refractivity contribution is -0.123. The standard InChI is InChI=1S/C20H18N6O2/c1-24-8-5-13(10-17(24)27)15-11-26-16(4-7-22-26)18(23-15)25-9-6-20(12-21,19(25)28)14-2-3-14/h4-5,7-8,10-11,14H,2-3,6,9H2,1H3/t20-/m1/s1. The van der Waals surface area contributed by atoms with E-state index in [9.17, 15) is 14.9 Å². The molecule has 3 aromatic rings. The Hall–Kier alpha value is -3.47. The third-order valence-electron chi connectivity index (χ3n) is 5.86. The first kappa shape index (κ1) is 16.7. The minimum absolute atomic E-state index is 0.143. The van der Waals surface area contributed by atoms with Gasteiger partial charge in [0.15, 0.2) is 5.82 Å². The summed E-state index contributed by atoms with van der Waals surface area (Å²) in [5.74, 6) is 0.462. The van der Waals surface area contributed by atoms with Gasteiger partial charge in [0.25, 0.3) is 5.56 Å². The van der Waals surface area contributed by atoms with Crippen molar-refractivity contribution in [3.8, 4) is 17.3 Å². The zero-order valence-corrected chi connectivity index (χ0v) is 15.4. The predicted molar refractivity (Wildman–Crippen MR) is 101 cm³/mol. The van der Waals surface area contributed by atoms with Crippen molar-refractivity contribution in [2.75, 3.05) is 11.4 Å². The average Bonchev–Trinajstić information content (AvgIpc) is 3.34. The molecule has 28 heavy (non-hydrogen) atoms. The lowest BCUT2D eigenvalue weighted by atomic mass is 9.83. The molecule has 4 heterocycles. The van der Waals surface area contributed by atoms with E-state index in [1.807, 2.05) is 0 Å². The van der Waals surface area contributed by atoms with Crippen LogP contribution in [-0.4, -0.2) is 31.6 Å². The zero-order valence-electron chi connectivity index (χ0n) is 15.4. The average molecular weight is 374 g/mol. The second-order valence-electron chi connectivity index (χ2n) is 7.54. The fourth-order valence-electron chi connectivity index (χ4n) is 4.05. The summed E-state index contributed by atoms with van der Waals surface area (Å²) in [6.07, 6.45) is 7.44. The molecule has 0 unspecified atom stereocenters. The monoisotopic (exact) mass is 374 g/mol. The molecule has 0 aromatic carbocycles. The molecular weight excluding hydrogens is 356 g/mol. The van der Waals surface area contributed by atoms with Crippen LogP contribution in [0.4, 0.5) is 5.82 Å². The van der Waals surface area contributed by atoms with Crippen LogP contribution in [0.15, 0.2) is 41.6 Å². The van der Waals surface area contributed by atoms with Gasteiger partial charge >= 0.3 is 0 Å². The number of carbonyl (C=O) groups is 1. The SMILES string of the molecule is Cn1ccc(-c2cn3nccc3c(N3CC[C@@](C#N)(C4CC4)C3=O)n2)cc1=O. The largest absolute Gasteiger partial charge is 0.319 e. The molecule has 3 aromatic heterocycles. The first-order chi connectivity index (χ1) is 13.5. The number of fused-ring (bicyclic) bond motifs is 1. The van der Waals surface area contributed by atoms with Crippen LogP contribution in [-0.2, 0) is 11.8 Å². The van der Waals surface area contributed by atoms with Gasteiger partial charge < -0.3 is 4.57 Å². The highest BCUT2D eigenvalue weighted by atomic mass is 16.2. The molecular formula is C20H18N6O2. The number of nitriles is 1. The fourth-order valence-corrected chi connectivity index (χ4v) is 4.05. The molecule has 0 N–H and O–H groups in total. The summed E-state index contributed by atoms with van der Waals surface area (Å²) in [5.41, 5.74) is 0.832.